The first-order valence-electron chi connectivity index (χ1n) is 5.38. The SMILES string of the molecule is CCc1cc(NC(=O)CN2CSCC2=O)n[nH]1. The number of aromatic nitrogens is 2. The molecule has 1 saturated heterocycles. The molecule has 1 aliphatic heterocycles. The number of carbonyl (C=O) groups excluding carboxylic acids is 2. The molecule has 7 heteroatoms. The summed E-state index contributed by atoms with van der Waals surface area (Å²) < 4.78 is 0. The highest BCUT2D eigenvalue weighted by Gasteiger charge is 2.23. The van der Waals surface area contributed by atoms with E-state index in [1.807, 2.05) is 6.92 Å². The fourth-order valence-corrected chi connectivity index (χ4v) is 2.41. The third-order valence-corrected chi connectivity index (χ3v) is 3.38. The fraction of sp³-hybridized carbons (Fsp3) is 0.500. The van der Waals surface area contributed by atoms with E-state index in [2.05, 4.69) is 15.5 Å². The summed E-state index contributed by atoms with van der Waals surface area (Å²) in [6.45, 7) is 2.10. The van der Waals surface area contributed by atoms with Gasteiger partial charge in [0.05, 0.1) is 11.6 Å². The average Bonchev–Trinajstić information content (AvgIpc) is 2.89. The number of hydrogen-bond acceptors (Lipinski definition) is 4. The number of anilines is 1. The third-order valence-electron chi connectivity index (χ3n) is 2.44. The van der Waals surface area contributed by atoms with Crippen molar-refractivity contribution in [3.63, 3.8) is 0 Å². The number of hydrogen-bond donors (Lipinski definition) is 2. The van der Waals surface area contributed by atoms with Crippen LogP contribution in [0.15, 0.2) is 6.07 Å². The van der Waals surface area contributed by atoms with E-state index in [9.17, 15) is 9.59 Å². The Morgan fingerprint density at radius 3 is 3.12 bits per heavy atom. The highest BCUT2D eigenvalue weighted by Crippen LogP contribution is 2.14. The van der Waals surface area contributed by atoms with Crippen LogP contribution in [0.5, 0.6) is 0 Å². The van der Waals surface area contributed by atoms with Crippen LogP contribution in [0.4, 0.5) is 5.82 Å². The van der Waals surface area contributed by atoms with Crippen LogP contribution in [0.25, 0.3) is 0 Å². The number of thioether (sulfide) groups is 1. The number of amides is 2. The zero-order chi connectivity index (χ0) is 12.3. The van der Waals surface area contributed by atoms with E-state index >= 15 is 0 Å². The Labute approximate surface area is 103 Å². The van der Waals surface area contributed by atoms with Crippen LogP contribution in [0, 0.1) is 0 Å². The molecule has 0 radical (unpaired) electrons. The van der Waals surface area contributed by atoms with Gasteiger partial charge in [0.15, 0.2) is 5.82 Å². The Hall–Kier alpha value is -1.50. The van der Waals surface area contributed by atoms with Crippen LogP contribution in [0.3, 0.4) is 0 Å². The maximum atomic E-state index is 11.6. The summed E-state index contributed by atoms with van der Waals surface area (Å²) in [4.78, 5) is 24.5. The summed E-state index contributed by atoms with van der Waals surface area (Å²) >= 11 is 1.52. The van der Waals surface area contributed by atoms with Gasteiger partial charge in [0.25, 0.3) is 0 Å². The van der Waals surface area contributed by atoms with Gasteiger partial charge in [0, 0.05) is 11.8 Å². The number of rotatable bonds is 4. The lowest BCUT2D eigenvalue weighted by atomic mass is 10.3. The molecule has 2 rings (SSSR count). The summed E-state index contributed by atoms with van der Waals surface area (Å²) in [6, 6.07) is 1.79. The normalized spacial score (nSPS) is 15.4. The number of carbonyl (C=O) groups is 2. The maximum absolute atomic E-state index is 11.6. The molecule has 0 atom stereocenters. The van der Waals surface area contributed by atoms with Crippen molar-refractivity contribution in [1.82, 2.24) is 15.1 Å². The molecular formula is C10H14N4O2S. The van der Waals surface area contributed by atoms with Crippen molar-refractivity contribution in [2.75, 3.05) is 23.5 Å². The second kappa shape index (κ2) is 5.22. The lowest BCUT2D eigenvalue weighted by molar-refractivity contribution is -0.130. The van der Waals surface area contributed by atoms with Crippen LogP contribution in [0.1, 0.15) is 12.6 Å². The number of H-pyrrole nitrogens is 1. The monoisotopic (exact) mass is 254 g/mol. The van der Waals surface area contributed by atoms with Crippen LogP contribution >= 0.6 is 11.8 Å². The van der Waals surface area contributed by atoms with Gasteiger partial charge in [-0.25, -0.2) is 0 Å². The summed E-state index contributed by atoms with van der Waals surface area (Å²) in [5.41, 5.74) is 0.966. The molecule has 0 aliphatic carbocycles. The van der Waals surface area contributed by atoms with Crippen molar-refractivity contribution >= 4 is 29.4 Å². The van der Waals surface area contributed by atoms with Crippen molar-refractivity contribution in [2.24, 2.45) is 0 Å². The topological polar surface area (TPSA) is 78.1 Å². The van der Waals surface area contributed by atoms with E-state index in [1.54, 1.807) is 6.07 Å². The molecule has 2 amide bonds. The molecule has 0 saturated carbocycles. The van der Waals surface area contributed by atoms with Gasteiger partial charge in [-0.3, -0.25) is 14.7 Å². The molecule has 0 spiro atoms. The highest BCUT2D eigenvalue weighted by molar-refractivity contribution is 8.00. The number of nitrogens with zero attached hydrogens (tertiary/aromatic N) is 2. The standard InChI is InChI=1S/C10H14N4O2S/c1-2-7-3-8(13-12-7)11-9(15)4-14-6-17-5-10(14)16/h3H,2,4-6H2,1H3,(H2,11,12,13,15). The Morgan fingerprint density at radius 2 is 2.53 bits per heavy atom. The molecule has 1 fully saturated rings. The van der Waals surface area contributed by atoms with Crippen molar-refractivity contribution in [3.8, 4) is 0 Å². The van der Waals surface area contributed by atoms with E-state index in [4.69, 9.17) is 0 Å². The van der Waals surface area contributed by atoms with E-state index in [1.165, 1.54) is 16.7 Å². The first-order valence-corrected chi connectivity index (χ1v) is 6.54. The largest absolute Gasteiger partial charge is 0.323 e. The zero-order valence-electron chi connectivity index (χ0n) is 9.52. The highest BCUT2D eigenvalue weighted by atomic mass is 32.2. The molecule has 0 unspecified atom stereocenters. The second-order valence-electron chi connectivity index (χ2n) is 3.75. The zero-order valence-corrected chi connectivity index (χ0v) is 10.3. The molecule has 1 aliphatic rings. The Morgan fingerprint density at radius 1 is 1.71 bits per heavy atom. The lowest BCUT2D eigenvalue weighted by Crippen LogP contribution is -2.34. The molecule has 92 valence electrons. The van der Waals surface area contributed by atoms with Crippen molar-refractivity contribution < 1.29 is 9.59 Å². The molecule has 1 aromatic heterocycles. The van der Waals surface area contributed by atoms with E-state index < -0.39 is 0 Å². The van der Waals surface area contributed by atoms with Gasteiger partial charge < -0.3 is 10.2 Å². The smallest absolute Gasteiger partial charge is 0.245 e. The van der Waals surface area contributed by atoms with Crippen molar-refractivity contribution in [2.45, 2.75) is 13.3 Å². The second-order valence-corrected chi connectivity index (χ2v) is 4.70. The summed E-state index contributed by atoms with van der Waals surface area (Å²) in [5.74, 6) is 1.37. The van der Waals surface area contributed by atoms with Gasteiger partial charge >= 0.3 is 0 Å². The quantitative estimate of drug-likeness (QED) is 0.817. The third kappa shape index (κ3) is 3.00. The molecule has 17 heavy (non-hydrogen) atoms. The number of nitrogens with one attached hydrogen (secondary N) is 2. The first kappa shape index (κ1) is 12.0. The van der Waals surface area contributed by atoms with Crippen LogP contribution in [-0.4, -0.2) is 45.1 Å². The van der Waals surface area contributed by atoms with Gasteiger partial charge in [0.1, 0.15) is 6.54 Å². The van der Waals surface area contributed by atoms with Gasteiger partial charge in [0.2, 0.25) is 11.8 Å². The lowest BCUT2D eigenvalue weighted by Gasteiger charge is -2.13. The first-order chi connectivity index (χ1) is 8.19. The molecule has 1 aromatic rings. The number of aromatic amines is 1. The number of aryl methyl sites for hydroxylation is 1. The molecular weight excluding hydrogens is 240 g/mol. The summed E-state index contributed by atoms with van der Waals surface area (Å²) in [6.07, 6.45) is 0.837. The Kier molecular flexibility index (Phi) is 3.68. The Balaban J connectivity index is 1.86. The fourth-order valence-electron chi connectivity index (χ4n) is 1.50. The average molecular weight is 254 g/mol. The maximum Gasteiger partial charge on any atom is 0.245 e. The van der Waals surface area contributed by atoms with Crippen LogP contribution in [0.2, 0.25) is 0 Å². The van der Waals surface area contributed by atoms with Crippen LogP contribution < -0.4 is 5.32 Å². The molecule has 6 nitrogen and oxygen atoms in total. The van der Waals surface area contributed by atoms with E-state index in [0.717, 1.165) is 12.1 Å². The van der Waals surface area contributed by atoms with E-state index in [0.29, 0.717) is 17.4 Å². The molecule has 2 N–H and O–H groups in total. The molecule has 0 aromatic carbocycles. The van der Waals surface area contributed by atoms with Gasteiger partial charge in [-0.05, 0) is 6.42 Å². The minimum Gasteiger partial charge on any atom is -0.323 e. The Bertz CT molecular complexity index is 432. The van der Waals surface area contributed by atoms with Crippen LogP contribution in [-0.2, 0) is 16.0 Å². The minimum absolute atomic E-state index is 0.0152. The van der Waals surface area contributed by atoms with Gasteiger partial charge in [-0.1, -0.05) is 6.92 Å². The van der Waals surface area contributed by atoms with Gasteiger partial charge in [-0.15, -0.1) is 11.8 Å². The van der Waals surface area contributed by atoms with Crippen molar-refractivity contribution in [1.29, 1.82) is 0 Å². The van der Waals surface area contributed by atoms with Gasteiger partial charge in [-0.2, -0.15) is 5.10 Å². The predicted molar refractivity (Wildman–Crippen MR) is 65.6 cm³/mol. The predicted octanol–water partition coefficient (Wildman–Crippen LogP) is 0.443. The summed E-state index contributed by atoms with van der Waals surface area (Å²) in [5, 5.41) is 9.43. The minimum atomic E-state index is -0.213. The molecule has 0 bridgehead atoms. The van der Waals surface area contributed by atoms with Crippen molar-refractivity contribution in [3.05, 3.63) is 11.8 Å². The van der Waals surface area contributed by atoms with E-state index in [-0.39, 0.29) is 18.4 Å². The molecule has 2 heterocycles. The summed E-state index contributed by atoms with van der Waals surface area (Å²) in [7, 11) is 0.